The van der Waals surface area contributed by atoms with Crippen LogP contribution < -0.4 is 5.32 Å². The summed E-state index contributed by atoms with van der Waals surface area (Å²) in [5.41, 5.74) is 0.822. The fraction of sp³-hybridized carbons (Fsp3) is 0.500. The molecule has 1 amide bonds. The zero-order valence-electron chi connectivity index (χ0n) is 12.5. The molecule has 1 atom stereocenters. The summed E-state index contributed by atoms with van der Waals surface area (Å²) < 4.78 is 2.86. The molecule has 0 saturated carbocycles. The molecule has 2 aromatic heterocycles. The SMILES string of the molecule is CCSc1nc(CC(=O)Nc2ccnn2C(C)CC)cs1. The van der Waals surface area contributed by atoms with Gasteiger partial charge >= 0.3 is 0 Å². The average molecular weight is 324 g/mol. The normalized spacial score (nSPS) is 12.3. The van der Waals surface area contributed by atoms with Crippen LogP contribution in [0.1, 0.15) is 38.9 Å². The van der Waals surface area contributed by atoms with E-state index >= 15 is 0 Å². The van der Waals surface area contributed by atoms with Gasteiger partial charge in [0.15, 0.2) is 0 Å². The highest BCUT2D eigenvalue weighted by molar-refractivity contribution is 8.00. The van der Waals surface area contributed by atoms with Gasteiger partial charge in [-0.3, -0.25) is 4.79 Å². The van der Waals surface area contributed by atoms with Crippen LogP contribution in [-0.4, -0.2) is 26.4 Å². The van der Waals surface area contributed by atoms with Crippen LogP contribution in [0.25, 0.3) is 0 Å². The van der Waals surface area contributed by atoms with Crippen LogP contribution in [-0.2, 0) is 11.2 Å². The second-order valence-corrected chi connectivity index (χ2v) is 7.05. The van der Waals surface area contributed by atoms with E-state index in [1.165, 1.54) is 0 Å². The summed E-state index contributed by atoms with van der Waals surface area (Å²) >= 11 is 3.29. The van der Waals surface area contributed by atoms with Crippen molar-refractivity contribution in [1.29, 1.82) is 0 Å². The van der Waals surface area contributed by atoms with E-state index in [9.17, 15) is 4.79 Å². The van der Waals surface area contributed by atoms with Gasteiger partial charge in [-0.15, -0.1) is 11.3 Å². The number of hydrogen-bond donors (Lipinski definition) is 1. The molecule has 0 aliphatic heterocycles. The number of nitrogens with zero attached hydrogens (tertiary/aromatic N) is 3. The number of thioether (sulfide) groups is 1. The van der Waals surface area contributed by atoms with E-state index in [0.29, 0.717) is 6.42 Å². The summed E-state index contributed by atoms with van der Waals surface area (Å²) in [6.07, 6.45) is 2.97. The molecule has 0 saturated heterocycles. The first-order valence-electron chi connectivity index (χ1n) is 7.04. The van der Waals surface area contributed by atoms with Crippen LogP contribution in [0.15, 0.2) is 22.0 Å². The molecule has 1 unspecified atom stereocenters. The van der Waals surface area contributed by atoms with Gasteiger partial charge in [-0.1, -0.05) is 25.6 Å². The maximum Gasteiger partial charge on any atom is 0.231 e. The molecule has 2 aromatic rings. The number of rotatable bonds is 7. The molecule has 1 N–H and O–H groups in total. The Labute approximate surface area is 133 Å². The minimum Gasteiger partial charge on any atom is -0.311 e. The van der Waals surface area contributed by atoms with E-state index in [0.717, 1.165) is 28.0 Å². The van der Waals surface area contributed by atoms with Crippen molar-refractivity contribution in [2.24, 2.45) is 0 Å². The fourth-order valence-electron chi connectivity index (χ4n) is 1.85. The summed E-state index contributed by atoms with van der Waals surface area (Å²) in [6.45, 7) is 6.27. The monoisotopic (exact) mass is 324 g/mol. The highest BCUT2D eigenvalue weighted by Gasteiger charge is 2.13. The number of aromatic nitrogens is 3. The Morgan fingerprint density at radius 3 is 3.05 bits per heavy atom. The predicted molar refractivity (Wildman–Crippen MR) is 88.1 cm³/mol. The Kier molecular flexibility index (Phi) is 5.81. The van der Waals surface area contributed by atoms with Gasteiger partial charge in [0.25, 0.3) is 0 Å². The van der Waals surface area contributed by atoms with Gasteiger partial charge in [0, 0.05) is 11.4 Å². The second kappa shape index (κ2) is 7.61. The van der Waals surface area contributed by atoms with E-state index in [4.69, 9.17) is 0 Å². The maximum atomic E-state index is 12.1. The summed E-state index contributed by atoms with van der Waals surface area (Å²) in [4.78, 5) is 16.6. The van der Waals surface area contributed by atoms with Gasteiger partial charge in [-0.25, -0.2) is 9.67 Å². The molecule has 0 bridgehead atoms. The topological polar surface area (TPSA) is 59.8 Å². The van der Waals surface area contributed by atoms with Crippen molar-refractivity contribution in [3.63, 3.8) is 0 Å². The Morgan fingerprint density at radius 1 is 1.52 bits per heavy atom. The number of hydrogen-bond acceptors (Lipinski definition) is 5. The summed E-state index contributed by atoms with van der Waals surface area (Å²) in [5.74, 6) is 1.68. The van der Waals surface area contributed by atoms with Crippen molar-refractivity contribution >= 4 is 34.8 Å². The number of amides is 1. The molecule has 0 aliphatic carbocycles. The molecule has 0 aliphatic rings. The molecule has 0 fully saturated rings. The van der Waals surface area contributed by atoms with Gasteiger partial charge in [-0.05, 0) is 19.1 Å². The predicted octanol–water partition coefficient (Wildman–Crippen LogP) is 3.60. The van der Waals surface area contributed by atoms with Gasteiger partial charge in [0.1, 0.15) is 10.2 Å². The Bertz CT molecular complexity index is 593. The second-order valence-electron chi connectivity index (χ2n) is 4.68. The van der Waals surface area contributed by atoms with E-state index in [2.05, 4.69) is 36.2 Å². The smallest absolute Gasteiger partial charge is 0.231 e. The van der Waals surface area contributed by atoms with E-state index in [-0.39, 0.29) is 11.9 Å². The lowest BCUT2D eigenvalue weighted by Crippen LogP contribution is -2.19. The lowest BCUT2D eigenvalue weighted by atomic mass is 10.3. The largest absolute Gasteiger partial charge is 0.311 e. The molecule has 114 valence electrons. The highest BCUT2D eigenvalue weighted by Crippen LogP contribution is 2.22. The number of nitrogens with one attached hydrogen (secondary N) is 1. The van der Waals surface area contributed by atoms with Crippen LogP contribution in [0.4, 0.5) is 5.82 Å². The van der Waals surface area contributed by atoms with Gasteiger partial charge in [0.2, 0.25) is 5.91 Å². The van der Waals surface area contributed by atoms with Crippen molar-refractivity contribution in [3.05, 3.63) is 23.3 Å². The zero-order valence-corrected chi connectivity index (χ0v) is 14.1. The fourth-order valence-corrected chi connectivity index (χ4v) is 3.59. The molecule has 2 rings (SSSR count). The highest BCUT2D eigenvalue weighted by atomic mass is 32.2. The van der Waals surface area contributed by atoms with Crippen molar-refractivity contribution < 1.29 is 4.79 Å². The first-order chi connectivity index (χ1) is 10.1. The van der Waals surface area contributed by atoms with Crippen LogP contribution in [0.5, 0.6) is 0 Å². The van der Waals surface area contributed by atoms with Crippen molar-refractivity contribution in [3.8, 4) is 0 Å². The zero-order chi connectivity index (χ0) is 15.2. The molecule has 21 heavy (non-hydrogen) atoms. The number of carbonyl (C=O) groups excluding carboxylic acids is 1. The minimum atomic E-state index is -0.0570. The Hall–Kier alpha value is -1.34. The van der Waals surface area contributed by atoms with Crippen LogP contribution in [0.2, 0.25) is 0 Å². The van der Waals surface area contributed by atoms with Gasteiger partial charge < -0.3 is 5.32 Å². The lowest BCUT2D eigenvalue weighted by Gasteiger charge is -2.13. The maximum absolute atomic E-state index is 12.1. The van der Waals surface area contributed by atoms with Crippen molar-refractivity contribution in [2.75, 3.05) is 11.1 Å². The van der Waals surface area contributed by atoms with E-state index in [1.54, 1.807) is 29.3 Å². The standard InChI is InChI=1S/C14H20N4OS2/c1-4-10(3)18-12(6-7-15-18)17-13(19)8-11-9-21-14(16-11)20-5-2/h6-7,9-10H,4-5,8H2,1-3H3,(H,17,19). The molecule has 7 heteroatoms. The van der Waals surface area contributed by atoms with Crippen molar-refractivity contribution in [2.45, 2.75) is 44.0 Å². The van der Waals surface area contributed by atoms with Gasteiger partial charge in [0.05, 0.1) is 24.4 Å². The van der Waals surface area contributed by atoms with Crippen LogP contribution in [0.3, 0.4) is 0 Å². The van der Waals surface area contributed by atoms with Crippen LogP contribution in [0, 0.1) is 0 Å². The molecular formula is C14H20N4OS2. The summed E-state index contributed by atoms with van der Waals surface area (Å²) in [5, 5.41) is 9.12. The third-order valence-electron chi connectivity index (χ3n) is 3.09. The van der Waals surface area contributed by atoms with Crippen LogP contribution >= 0.6 is 23.1 Å². The lowest BCUT2D eigenvalue weighted by molar-refractivity contribution is -0.115. The molecule has 0 aromatic carbocycles. The first kappa shape index (κ1) is 16.0. The van der Waals surface area contributed by atoms with Gasteiger partial charge in [-0.2, -0.15) is 5.10 Å². The molecular weight excluding hydrogens is 304 g/mol. The molecule has 2 heterocycles. The Morgan fingerprint density at radius 2 is 2.33 bits per heavy atom. The van der Waals surface area contributed by atoms with E-state index < -0.39 is 0 Å². The molecule has 0 spiro atoms. The molecule has 0 radical (unpaired) electrons. The average Bonchev–Trinajstić information content (AvgIpc) is 3.08. The first-order valence-corrected chi connectivity index (χ1v) is 8.91. The van der Waals surface area contributed by atoms with Crippen molar-refractivity contribution in [1.82, 2.24) is 14.8 Å². The number of carbonyl (C=O) groups is 1. The number of thiazole rings is 1. The summed E-state index contributed by atoms with van der Waals surface area (Å²) in [6, 6.07) is 2.09. The quantitative estimate of drug-likeness (QED) is 0.791. The number of anilines is 1. The minimum absolute atomic E-state index is 0.0570. The Balaban J connectivity index is 1.96. The third-order valence-corrected chi connectivity index (χ3v) is 5.04. The molecule has 5 nitrogen and oxygen atoms in total. The summed E-state index contributed by atoms with van der Waals surface area (Å²) in [7, 11) is 0. The third kappa shape index (κ3) is 4.31. The van der Waals surface area contributed by atoms with E-state index in [1.807, 2.05) is 16.1 Å².